The first-order valence-electron chi connectivity index (χ1n) is 15.5. The van der Waals surface area contributed by atoms with E-state index < -0.39 is 0 Å². The minimum absolute atomic E-state index is 0.629. The van der Waals surface area contributed by atoms with Gasteiger partial charge in [0.05, 0.1) is 22.2 Å². The topological polar surface area (TPSA) is 43.9 Å². The number of para-hydroxylation sites is 3. The van der Waals surface area contributed by atoms with E-state index >= 15 is 0 Å². The van der Waals surface area contributed by atoms with Crippen molar-refractivity contribution in [1.29, 1.82) is 0 Å². The van der Waals surface area contributed by atoms with Crippen molar-refractivity contribution in [3.63, 3.8) is 0 Å². The van der Waals surface area contributed by atoms with E-state index in [-0.39, 0.29) is 0 Å². The number of nitrogens with zero attached hydrogens (tertiary/aromatic N) is 3. The second kappa shape index (κ2) is 9.62. The van der Waals surface area contributed by atoms with Crippen LogP contribution in [0.25, 0.3) is 93.8 Å². The second-order valence-electron chi connectivity index (χ2n) is 11.8. The molecule has 0 atom stereocenters. The highest BCUT2D eigenvalue weighted by atomic mass is 16.3. The molecule has 4 heteroatoms. The summed E-state index contributed by atoms with van der Waals surface area (Å²) in [6.45, 7) is 0. The fraction of sp³-hybridized carbons (Fsp3) is 0. The summed E-state index contributed by atoms with van der Waals surface area (Å²) in [7, 11) is 0. The molecule has 3 aromatic heterocycles. The monoisotopic (exact) mass is 587 g/mol. The Morgan fingerprint density at radius 2 is 1.20 bits per heavy atom. The normalized spacial score (nSPS) is 11.9. The van der Waals surface area contributed by atoms with Gasteiger partial charge in [0.2, 0.25) is 5.95 Å². The summed E-state index contributed by atoms with van der Waals surface area (Å²) in [6.07, 6.45) is 0. The Labute approximate surface area is 263 Å². The largest absolute Gasteiger partial charge is 0.455 e. The lowest BCUT2D eigenvalue weighted by Crippen LogP contribution is -2.03. The van der Waals surface area contributed by atoms with Crippen LogP contribution >= 0.6 is 0 Å². The molecule has 0 amide bonds. The van der Waals surface area contributed by atoms with Gasteiger partial charge in [-0.25, -0.2) is 9.97 Å². The van der Waals surface area contributed by atoms with Gasteiger partial charge in [-0.15, -0.1) is 0 Å². The number of aromatic nitrogens is 3. The van der Waals surface area contributed by atoms with Crippen LogP contribution in [0.1, 0.15) is 0 Å². The molecule has 10 aromatic rings. The predicted molar refractivity (Wildman–Crippen MR) is 190 cm³/mol. The Balaban J connectivity index is 1.33. The number of rotatable bonds is 3. The van der Waals surface area contributed by atoms with E-state index in [1.807, 2.05) is 18.2 Å². The molecule has 3 heterocycles. The fourth-order valence-electron chi connectivity index (χ4n) is 7.04. The third-order valence-electron chi connectivity index (χ3n) is 9.19. The number of fused-ring (bicyclic) bond motifs is 8. The van der Waals surface area contributed by atoms with Crippen LogP contribution in [-0.4, -0.2) is 14.5 Å². The number of hydrogen-bond donors (Lipinski definition) is 0. The van der Waals surface area contributed by atoms with Crippen molar-refractivity contribution in [1.82, 2.24) is 14.5 Å². The van der Waals surface area contributed by atoms with E-state index in [0.717, 1.165) is 66.3 Å². The van der Waals surface area contributed by atoms with Crippen molar-refractivity contribution < 1.29 is 4.42 Å². The number of furan rings is 1. The van der Waals surface area contributed by atoms with Crippen LogP contribution in [-0.2, 0) is 0 Å². The quantitative estimate of drug-likeness (QED) is 0.207. The molecular weight excluding hydrogens is 562 g/mol. The lowest BCUT2D eigenvalue weighted by atomic mass is 9.99. The average molecular weight is 588 g/mol. The van der Waals surface area contributed by atoms with Crippen LogP contribution in [0, 0.1) is 0 Å². The smallest absolute Gasteiger partial charge is 0.235 e. The third-order valence-corrected chi connectivity index (χ3v) is 9.19. The Morgan fingerprint density at radius 3 is 2.09 bits per heavy atom. The SMILES string of the molecule is c1ccc(-c2ccc3nc(-n4c5ccccc5c5cc6ccccc6cc54)nc(-c4cccc5c4oc4ccccc45)c3c2)cc1. The maximum Gasteiger partial charge on any atom is 0.235 e. The second-order valence-corrected chi connectivity index (χ2v) is 11.8. The van der Waals surface area contributed by atoms with Gasteiger partial charge in [0.1, 0.15) is 11.2 Å². The van der Waals surface area contributed by atoms with Gasteiger partial charge in [0.15, 0.2) is 0 Å². The maximum atomic E-state index is 6.55. The van der Waals surface area contributed by atoms with E-state index in [4.69, 9.17) is 14.4 Å². The first-order valence-corrected chi connectivity index (χ1v) is 15.5. The molecule has 214 valence electrons. The molecular formula is C42H25N3O. The Bertz CT molecular complexity index is 2810. The molecule has 0 N–H and O–H groups in total. The van der Waals surface area contributed by atoms with E-state index in [0.29, 0.717) is 5.95 Å². The predicted octanol–water partition coefficient (Wildman–Crippen LogP) is 11.1. The van der Waals surface area contributed by atoms with Crippen molar-refractivity contribution in [2.24, 2.45) is 0 Å². The zero-order valence-corrected chi connectivity index (χ0v) is 24.7. The summed E-state index contributed by atoms with van der Waals surface area (Å²) in [6, 6.07) is 53.1. The van der Waals surface area contributed by atoms with Gasteiger partial charge >= 0.3 is 0 Å². The molecule has 4 nitrogen and oxygen atoms in total. The van der Waals surface area contributed by atoms with Crippen LogP contribution in [0.4, 0.5) is 0 Å². The fourth-order valence-corrected chi connectivity index (χ4v) is 7.04. The van der Waals surface area contributed by atoms with Gasteiger partial charge in [0, 0.05) is 32.5 Å². The molecule has 46 heavy (non-hydrogen) atoms. The van der Waals surface area contributed by atoms with Crippen LogP contribution in [0.3, 0.4) is 0 Å². The minimum Gasteiger partial charge on any atom is -0.455 e. The molecule has 7 aromatic carbocycles. The molecule has 0 fully saturated rings. The van der Waals surface area contributed by atoms with Crippen LogP contribution in [0.2, 0.25) is 0 Å². The van der Waals surface area contributed by atoms with Crippen molar-refractivity contribution >= 4 is 65.4 Å². The summed E-state index contributed by atoms with van der Waals surface area (Å²) in [4.78, 5) is 10.7. The molecule has 0 aliphatic rings. The zero-order valence-electron chi connectivity index (χ0n) is 24.7. The summed E-state index contributed by atoms with van der Waals surface area (Å²) in [5.74, 6) is 0.629. The van der Waals surface area contributed by atoms with Crippen molar-refractivity contribution in [3.8, 4) is 28.3 Å². The summed E-state index contributed by atoms with van der Waals surface area (Å²) < 4.78 is 8.77. The van der Waals surface area contributed by atoms with E-state index in [2.05, 4.69) is 138 Å². The van der Waals surface area contributed by atoms with Crippen LogP contribution < -0.4 is 0 Å². The van der Waals surface area contributed by atoms with Gasteiger partial charge in [-0.2, -0.15) is 0 Å². The van der Waals surface area contributed by atoms with E-state index in [1.165, 1.54) is 21.5 Å². The molecule has 0 aliphatic carbocycles. The highest BCUT2D eigenvalue weighted by Gasteiger charge is 2.21. The maximum absolute atomic E-state index is 6.55. The van der Waals surface area contributed by atoms with Crippen molar-refractivity contribution in [2.45, 2.75) is 0 Å². The van der Waals surface area contributed by atoms with Gasteiger partial charge in [0.25, 0.3) is 0 Å². The van der Waals surface area contributed by atoms with Crippen LogP contribution in [0.15, 0.2) is 156 Å². The molecule has 0 saturated carbocycles. The third kappa shape index (κ3) is 3.67. The van der Waals surface area contributed by atoms with Gasteiger partial charge < -0.3 is 4.42 Å². The van der Waals surface area contributed by atoms with Gasteiger partial charge in [-0.3, -0.25) is 4.57 Å². The molecule has 0 radical (unpaired) electrons. The molecule has 0 saturated heterocycles. The molecule has 0 unspecified atom stereocenters. The van der Waals surface area contributed by atoms with E-state index in [9.17, 15) is 0 Å². The number of hydrogen-bond acceptors (Lipinski definition) is 3. The van der Waals surface area contributed by atoms with Gasteiger partial charge in [-0.05, 0) is 64.4 Å². The number of benzene rings is 7. The molecule has 0 spiro atoms. The lowest BCUT2D eigenvalue weighted by molar-refractivity contribution is 0.670. The Hall–Kier alpha value is -6.26. The highest BCUT2D eigenvalue weighted by molar-refractivity contribution is 6.14. The first-order chi connectivity index (χ1) is 22.8. The standard InChI is InChI=1S/C42H25N3O/c1-2-11-26(12-3-1)29-21-22-36-35(24-29)40(33-18-10-17-32-31-16-7-9-20-39(31)46-41(32)33)44-42(43-36)45-37-19-8-6-15-30(37)34-23-27-13-4-5-14-28(27)25-38(34)45/h1-25H. The summed E-state index contributed by atoms with van der Waals surface area (Å²) in [5, 5.41) is 7.89. The van der Waals surface area contributed by atoms with Crippen LogP contribution in [0.5, 0.6) is 0 Å². The minimum atomic E-state index is 0.629. The highest BCUT2D eigenvalue weighted by Crippen LogP contribution is 2.40. The Kier molecular flexibility index (Phi) is 5.25. The van der Waals surface area contributed by atoms with E-state index in [1.54, 1.807) is 0 Å². The lowest BCUT2D eigenvalue weighted by Gasteiger charge is -2.13. The molecule has 0 bridgehead atoms. The van der Waals surface area contributed by atoms with Gasteiger partial charge in [-0.1, -0.05) is 109 Å². The first kappa shape index (κ1) is 25.1. The zero-order chi connectivity index (χ0) is 30.2. The molecule has 0 aliphatic heterocycles. The average Bonchev–Trinajstić information content (AvgIpc) is 3.66. The van der Waals surface area contributed by atoms with Crippen molar-refractivity contribution in [3.05, 3.63) is 152 Å². The summed E-state index contributed by atoms with van der Waals surface area (Å²) in [5.41, 5.74) is 8.76. The molecule has 10 rings (SSSR count). The Morgan fingerprint density at radius 1 is 0.457 bits per heavy atom. The van der Waals surface area contributed by atoms with Crippen molar-refractivity contribution in [2.75, 3.05) is 0 Å². The summed E-state index contributed by atoms with van der Waals surface area (Å²) >= 11 is 0.